The number of rotatable bonds is 10. The van der Waals surface area contributed by atoms with Gasteiger partial charge in [-0.25, -0.2) is 5.43 Å². The number of hydrazone groups is 1. The monoisotopic (exact) mass is 497 g/mol. The number of hydrogen-bond acceptors (Lipinski definition) is 4. The summed E-state index contributed by atoms with van der Waals surface area (Å²) in [6, 6.07) is 20.2. The molecule has 0 aromatic heterocycles. The molecule has 0 aliphatic carbocycles. The van der Waals surface area contributed by atoms with Gasteiger partial charge in [0.15, 0.2) is 0 Å². The Morgan fingerprint density at radius 1 is 0.971 bits per heavy atom. The van der Waals surface area contributed by atoms with Crippen LogP contribution in [0.4, 0.5) is 5.69 Å². The SMILES string of the molecule is Cc1c(Cl)cccc1NC(=O)CCCC(=O)N/N=C\c1cccc(OCc2ccc(Cl)cc2)c1. The molecule has 3 aromatic carbocycles. The van der Waals surface area contributed by atoms with Crippen LogP contribution in [-0.2, 0) is 16.2 Å². The van der Waals surface area contributed by atoms with E-state index < -0.39 is 0 Å². The van der Waals surface area contributed by atoms with E-state index in [9.17, 15) is 9.59 Å². The van der Waals surface area contributed by atoms with Crippen molar-refractivity contribution in [2.24, 2.45) is 5.10 Å². The Hall–Kier alpha value is -3.35. The number of amides is 2. The van der Waals surface area contributed by atoms with Gasteiger partial charge >= 0.3 is 0 Å². The molecular weight excluding hydrogens is 473 g/mol. The van der Waals surface area contributed by atoms with Gasteiger partial charge in [0.1, 0.15) is 12.4 Å². The maximum atomic E-state index is 12.1. The minimum atomic E-state index is -0.266. The zero-order valence-electron chi connectivity index (χ0n) is 18.7. The summed E-state index contributed by atoms with van der Waals surface area (Å²) < 4.78 is 5.79. The maximum Gasteiger partial charge on any atom is 0.240 e. The van der Waals surface area contributed by atoms with Crippen LogP contribution in [-0.4, -0.2) is 18.0 Å². The van der Waals surface area contributed by atoms with Crippen molar-refractivity contribution in [3.05, 3.63) is 93.5 Å². The zero-order valence-corrected chi connectivity index (χ0v) is 20.2. The van der Waals surface area contributed by atoms with Gasteiger partial charge in [0, 0.05) is 28.6 Å². The molecule has 0 unspecified atom stereocenters. The molecule has 0 fully saturated rings. The molecule has 8 heteroatoms. The van der Waals surface area contributed by atoms with Crippen LogP contribution in [0.5, 0.6) is 5.75 Å². The summed E-state index contributed by atoms with van der Waals surface area (Å²) >= 11 is 12.0. The van der Waals surface area contributed by atoms with Crippen LogP contribution in [0.1, 0.15) is 36.0 Å². The fraction of sp³-hybridized carbons (Fsp3) is 0.192. The second-order valence-corrected chi connectivity index (χ2v) is 8.44. The molecular formula is C26H25Cl2N3O3. The third-order valence-corrected chi connectivity index (χ3v) is 5.59. The summed E-state index contributed by atoms with van der Waals surface area (Å²) in [6.07, 6.45) is 2.35. The Kier molecular flexibility index (Phi) is 9.50. The summed E-state index contributed by atoms with van der Waals surface area (Å²) in [5.41, 5.74) is 5.75. The molecule has 0 radical (unpaired) electrons. The average molecular weight is 498 g/mol. The Bertz CT molecular complexity index is 1160. The lowest BCUT2D eigenvalue weighted by Gasteiger charge is -2.09. The van der Waals surface area contributed by atoms with Crippen LogP contribution in [0.15, 0.2) is 71.8 Å². The average Bonchev–Trinajstić information content (AvgIpc) is 2.82. The molecule has 0 aliphatic rings. The first kappa shape index (κ1) is 25.3. The van der Waals surface area contributed by atoms with E-state index in [0.717, 1.165) is 16.7 Å². The van der Waals surface area contributed by atoms with Crippen LogP contribution in [0.3, 0.4) is 0 Å². The number of nitrogens with zero attached hydrogens (tertiary/aromatic N) is 1. The van der Waals surface area contributed by atoms with Crippen LogP contribution >= 0.6 is 23.2 Å². The lowest BCUT2D eigenvalue weighted by molar-refractivity contribution is -0.121. The number of anilines is 1. The van der Waals surface area contributed by atoms with E-state index in [2.05, 4.69) is 15.8 Å². The highest BCUT2D eigenvalue weighted by Gasteiger charge is 2.08. The van der Waals surface area contributed by atoms with E-state index in [4.69, 9.17) is 27.9 Å². The number of benzene rings is 3. The van der Waals surface area contributed by atoms with Gasteiger partial charge in [0.05, 0.1) is 6.21 Å². The van der Waals surface area contributed by atoms with Gasteiger partial charge in [-0.2, -0.15) is 5.10 Å². The molecule has 0 atom stereocenters. The molecule has 0 saturated heterocycles. The van der Waals surface area contributed by atoms with Crippen molar-refractivity contribution in [1.29, 1.82) is 0 Å². The summed E-state index contributed by atoms with van der Waals surface area (Å²) in [7, 11) is 0. The van der Waals surface area contributed by atoms with Crippen LogP contribution in [0, 0.1) is 6.92 Å². The zero-order chi connectivity index (χ0) is 24.3. The van der Waals surface area contributed by atoms with Crippen molar-refractivity contribution < 1.29 is 14.3 Å². The van der Waals surface area contributed by atoms with Crippen molar-refractivity contribution in [3.8, 4) is 5.75 Å². The van der Waals surface area contributed by atoms with E-state index in [0.29, 0.717) is 34.5 Å². The first-order chi connectivity index (χ1) is 16.4. The van der Waals surface area contributed by atoms with Crippen molar-refractivity contribution in [1.82, 2.24) is 5.43 Å². The minimum absolute atomic E-state index is 0.169. The molecule has 6 nitrogen and oxygen atoms in total. The van der Waals surface area contributed by atoms with Gasteiger partial charge in [-0.3, -0.25) is 9.59 Å². The lowest BCUT2D eigenvalue weighted by Crippen LogP contribution is -2.18. The van der Waals surface area contributed by atoms with E-state index >= 15 is 0 Å². The molecule has 3 rings (SSSR count). The predicted octanol–water partition coefficient (Wildman–Crippen LogP) is 6.14. The third-order valence-electron chi connectivity index (χ3n) is 4.93. The Morgan fingerprint density at radius 2 is 1.71 bits per heavy atom. The Balaban J connectivity index is 1.38. The fourth-order valence-electron chi connectivity index (χ4n) is 3.03. The molecule has 0 bridgehead atoms. The molecule has 0 aliphatic heterocycles. The number of carbonyl (C=O) groups excluding carboxylic acids is 2. The number of nitrogens with one attached hydrogen (secondary N) is 2. The van der Waals surface area contributed by atoms with Crippen molar-refractivity contribution >= 4 is 46.9 Å². The van der Waals surface area contributed by atoms with Crippen LogP contribution in [0.25, 0.3) is 0 Å². The summed E-state index contributed by atoms with van der Waals surface area (Å²) in [4.78, 5) is 24.1. The van der Waals surface area contributed by atoms with Gasteiger partial charge in [0.25, 0.3) is 0 Å². The van der Waals surface area contributed by atoms with Gasteiger partial charge in [-0.15, -0.1) is 0 Å². The van der Waals surface area contributed by atoms with E-state index in [1.54, 1.807) is 24.4 Å². The number of carbonyl (C=O) groups is 2. The highest BCUT2D eigenvalue weighted by molar-refractivity contribution is 6.31. The summed E-state index contributed by atoms with van der Waals surface area (Å²) in [5.74, 6) is 0.251. The van der Waals surface area contributed by atoms with Crippen molar-refractivity contribution in [2.45, 2.75) is 32.8 Å². The number of ether oxygens (including phenoxy) is 1. The normalized spacial score (nSPS) is 10.8. The van der Waals surface area contributed by atoms with Crippen LogP contribution < -0.4 is 15.5 Å². The molecule has 2 amide bonds. The molecule has 3 aromatic rings. The molecule has 34 heavy (non-hydrogen) atoms. The molecule has 0 saturated carbocycles. The Morgan fingerprint density at radius 3 is 2.50 bits per heavy atom. The van der Waals surface area contributed by atoms with Crippen molar-refractivity contribution in [3.63, 3.8) is 0 Å². The molecule has 0 heterocycles. The van der Waals surface area contributed by atoms with Gasteiger partial charge in [-0.1, -0.05) is 53.5 Å². The highest BCUT2D eigenvalue weighted by Crippen LogP contribution is 2.23. The quantitative estimate of drug-likeness (QED) is 0.260. The topological polar surface area (TPSA) is 79.8 Å². The smallest absolute Gasteiger partial charge is 0.240 e. The summed E-state index contributed by atoms with van der Waals surface area (Å²) in [6.45, 7) is 2.25. The largest absolute Gasteiger partial charge is 0.489 e. The highest BCUT2D eigenvalue weighted by atomic mass is 35.5. The van der Waals surface area contributed by atoms with E-state index in [1.165, 1.54) is 0 Å². The predicted molar refractivity (Wildman–Crippen MR) is 137 cm³/mol. The third kappa shape index (κ3) is 8.21. The first-order valence-electron chi connectivity index (χ1n) is 10.7. The van der Waals surface area contributed by atoms with Crippen LogP contribution in [0.2, 0.25) is 10.0 Å². The second kappa shape index (κ2) is 12.8. The number of hydrogen-bond donors (Lipinski definition) is 2. The van der Waals surface area contributed by atoms with Crippen molar-refractivity contribution in [2.75, 3.05) is 5.32 Å². The molecule has 2 N–H and O–H groups in total. The molecule has 0 spiro atoms. The van der Waals surface area contributed by atoms with E-state index in [-0.39, 0.29) is 24.7 Å². The lowest BCUT2D eigenvalue weighted by atomic mass is 10.2. The maximum absolute atomic E-state index is 12.1. The van der Waals surface area contributed by atoms with Gasteiger partial charge < -0.3 is 10.1 Å². The van der Waals surface area contributed by atoms with E-state index in [1.807, 2.05) is 55.5 Å². The fourth-order valence-corrected chi connectivity index (χ4v) is 3.33. The Labute approximate surface area is 208 Å². The first-order valence-corrected chi connectivity index (χ1v) is 11.5. The standard InChI is InChI=1S/C26H25Cl2N3O3/c1-18-23(28)7-3-8-24(18)30-25(32)9-4-10-26(33)31-29-16-20-5-2-6-22(15-20)34-17-19-11-13-21(27)14-12-19/h2-3,5-8,11-16H,4,9-10,17H2,1H3,(H,30,32)(H,31,33)/b29-16-. The number of halogens is 2. The van der Waals surface area contributed by atoms with Gasteiger partial charge in [0.2, 0.25) is 11.8 Å². The minimum Gasteiger partial charge on any atom is -0.489 e. The van der Waals surface area contributed by atoms with Gasteiger partial charge in [-0.05, 0) is 66.4 Å². The summed E-state index contributed by atoms with van der Waals surface area (Å²) in [5, 5.41) is 8.07. The second-order valence-electron chi connectivity index (χ2n) is 7.59. The molecule has 176 valence electrons.